The second kappa shape index (κ2) is 5.32. The van der Waals surface area contributed by atoms with Gasteiger partial charge >= 0.3 is 0 Å². The van der Waals surface area contributed by atoms with Crippen LogP contribution in [0.3, 0.4) is 0 Å². The third kappa shape index (κ3) is 2.36. The van der Waals surface area contributed by atoms with E-state index in [9.17, 15) is 4.79 Å². The van der Waals surface area contributed by atoms with Gasteiger partial charge in [0, 0.05) is 12.1 Å². The Morgan fingerprint density at radius 3 is 2.48 bits per heavy atom. The van der Waals surface area contributed by atoms with Crippen LogP contribution in [0, 0.1) is 0 Å². The summed E-state index contributed by atoms with van der Waals surface area (Å²) in [4.78, 5) is 12.5. The molecule has 0 bridgehead atoms. The molecule has 1 aliphatic rings. The standard InChI is InChI=1S/C17H14O4/c1-19-12-9-13(20-2)16-14(10-12)21-15(17(16)18)8-11-6-4-3-5-7-11/h3-10H,1-2H3/b15-8+. The van der Waals surface area contributed by atoms with Gasteiger partial charge in [-0.15, -0.1) is 0 Å². The Balaban J connectivity index is 2.04. The summed E-state index contributed by atoms with van der Waals surface area (Å²) in [6.07, 6.45) is 1.72. The van der Waals surface area contributed by atoms with E-state index in [0.717, 1.165) is 5.56 Å². The van der Waals surface area contributed by atoms with E-state index in [1.807, 2.05) is 30.3 Å². The molecule has 0 fully saturated rings. The van der Waals surface area contributed by atoms with E-state index in [2.05, 4.69) is 0 Å². The Hall–Kier alpha value is -2.75. The molecule has 21 heavy (non-hydrogen) atoms. The minimum absolute atomic E-state index is 0.187. The van der Waals surface area contributed by atoms with Gasteiger partial charge in [-0.2, -0.15) is 0 Å². The van der Waals surface area contributed by atoms with Crippen molar-refractivity contribution < 1.29 is 19.0 Å². The number of rotatable bonds is 3. The van der Waals surface area contributed by atoms with Crippen LogP contribution >= 0.6 is 0 Å². The lowest BCUT2D eigenvalue weighted by molar-refractivity contribution is 0.101. The van der Waals surface area contributed by atoms with Gasteiger partial charge in [0.1, 0.15) is 22.8 Å². The van der Waals surface area contributed by atoms with Crippen molar-refractivity contribution in [3.8, 4) is 17.2 Å². The van der Waals surface area contributed by atoms with Gasteiger partial charge in [0.05, 0.1) is 14.2 Å². The smallest absolute Gasteiger partial charge is 0.235 e. The molecule has 2 aromatic carbocycles. The highest BCUT2D eigenvalue weighted by Crippen LogP contribution is 2.41. The zero-order valence-electron chi connectivity index (χ0n) is 11.8. The fraction of sp³-hybridized carbons (Fsp3) is 0.118. The number of carbonyl (C=O) groups is 1. The first-order valence-electron chi connectivity index (χ1n) is 6.48. The maximum Gasteiger partial charge on any atom is 0.235 e. The zero-order valence-corrected chi connectivity index (χ0v) is 11.8. The van der Waals surface area contributed by atoms with Crippen molar-refractivity contribution in [1.82, 2.24) is 0 Å². The number of ether oxygens (including phenoxy) is 3. The SMILES string of the molecule is COc1cc(OC)c2c(c1)O/C(=C/c1ccccc1)C2=O. The lowest BCUT2D eigenvalue weighted by Gasteiger charge is -2.07. The van der Waals surface area contributed by atoms with Crippen LogP contribution < -0.4 is 14.2 Å². The van der Waals surface area contributed by atoms with Gasteiger partial charge in [-0.3, -0.25) is 4.79 Å². The summed E-state index contributed by atoms with van der Waals surface area (Å²) >= 11 is 0. The van der Waals surface area contributed by atoms with Crippen molar-refractivity contribution in [3.05, 3.63) is 59.4 Å². The molecule has 2 aromatic rings. The summed E-state index contributed by atoms with van der Waals surface area (Å²) in [6.45, 7) is 0. The first-order valence-corrected chi connectivity index (χ1v) is 6.48. The van der Waals surface area contributed by atoms with Crippen molar-refractivity contribution in [2.75, 3.05) is 14.2 Å². The van der Waals surface area contributed by atoms with Gasteiger partial charge in [0.15, 0.2) is 5.76 Å². The number of benzene rings is 2. The molecule has 0 aliphatic carbocycles. The van der Waals surface area contributed by atoms with E-state index in [1.54, 1.807) is 25.3 Å². The van der Waals surface area contributed by atoms with E-state index >= 15 is 0 Å². The quantitative estimate of drug-likeness (QED) is 0.810. The van der Waals surface area contributed by atoms with Crippen LogP contribution in [0.4, 0.5) is 0 Å². The van der Waals surface area contributed by atoms with E-state index < -0.39 is 0 Å². The monoisotopic (exact) mass is 282 g/mol. The van der Waals surface area contributed by atoms with Gasteiger partial charge in [-0.1, -0.05) is 30.3 Å². The van der Waals surface area contributed by atoms with Crippen molar-refractivity contribution in [2.24, 2.45) is 0 Å². The molecule has 1 heterocycles. The zero-order chi connectivity index (χ0) is 14.8. The topological polar surface area (TPSA) is 44.8 Å². The maximum atomic E-state index is 12.5. The highest BCUT2D eigenvalue weighted by molar-refractivity contribution is 6.16. The molecule has 0 saturated carbocycles. The third-order valence-corrected chi connectivity index (χ3v) is 3.26. The van der Waals surface area contributed by atoms with Gasteiger partial charge in [0.25, 0.3) is 0 Å². The summed E-state index contributed by atoms with van der Waals surface area (Å²) in [5, 5.41) is 0. The van der Waals surface area contributed by atoms with Crippen molar-refractivity contribution in [2.45, 2.75) is 0 Å². The van der Waals surface area contributed by atoms with Crippen molar-refractivity contribution in [3.63, 3.8) is 0 Å². The molecule has 4 heteroatoms. The molecule has 1 aliphatic heterocycles. The van der Waals surface area contributed by atoms with Crippen LogP contribution in [0.25, 0.3) is 6.08 Å². The normalized spacial score (nSPS) is 14.8. The summed E-state index contributed by atoms with van der Waals surface area (Å²) in [5.41, 5.74) is 1.33. The minimum atomic E-state index is -0.187. The number of fused-ring (bicyclic) bond motifs is 1. The molecule has 106 valence electrons. The van der Waals surface area contributed by atoms with Gasteiger partial charge in [-0.25, -0.2) is 0 Å². The maximum absolute atomic E-state index is 12.5. The van der Waals surface area contributed by atoms with E-state index in [0.29, 0.717) is 22.8 Å². The van der Waals surface area contributed by atoms with Gasteiger partial charge in [-0.05, 0) is 11.6 Å². The Morgan fingerprint density at radius 2 is 1.81 bits per heavy atom. The average molecular weight is 282 g/mol. The van der Waals surface area contributed by atoms with Crippen molar-refractivity contribution >= 4 is 11.9 Å². The van der Waals surface area contributed by atoms with Crippen LogP contribution in [0.15, 0.2) is 48.2 Å². The molecule has 0 unspecified atom stereocenters. The molecule has 0 amide bonds. The van der Waals surface area contributed by atoms with Crippen LogP contribution in [0.5, 0.6) is 17.2 Å². The van der Waals surface area contributed by atoms with Crippen molar-refractivity contribution in [1.29, 1.82) is 0 Å². The predicted octanol–water partition coefficient (Wildman–Crippen LogP) is 3.32. The molecule has 4 nitrogen and oxygen atoms in total. The second-order valence-electron chi connectivity index (χ2n) is 4.55. The Morgan fingerprint density at radius 1 is 1.05 bits per heavy atom. The highest BCUT2D eigenvalue weighted by Gasteiger charge is 2.31. The lowest BCUT2D eigenvalue weighted by Crippen LogP contribution is -2.00. The number of methoxy groups -OCH3 is 2. The fourth-order valence-electron chi connectivity index (χ4n) is 2.23. The van der Waals surface area contributed by atoms with Crippen LogP contribution in [-0.2, 0) is 0 Å². The Bertz CT molecular complexity index is 717. The number of carbonyl (C=O) groups excluding carboxylic acids is 1. The largest absolute Gasteiger partial charge is 0.496 e. The van der Waals surface area contributed by atoms with Gasteiger partial charge < -0.3 is 14.2 Å². The predicted molar refractivity (Wildman–Crippen MR) is 78.9 cm³/mol. The first kappa shape index (κ1) is 13.2. The minimum Gasteiger partial charge on any atom is -0.496 e. The summed E-state index contributed by atoms with van der Waals surface area (Å²) < 4.78 is 16.1. The van der Waals surface area contributed by atoms with Gasteiger partial charge in [0.2, 0.25) is 5.78 Å². The Labute approximate surface area is 122 Å². The van der Waals surface area contributed by atoms with E-state index in [1.165, 1.54) is 7.11 Å². The average Bonchev–Trinajstić information content (AvgIpc) is 2.83. The molecule has 0 radical (unpaired) electrons. The van der Waals surface area contributed by atoms with E-state index in [4.69, 9.17) is 14.2 Å². The molecular weight excluding hydrogens is 268 g/mol. The second-order valence-corrected chi connectivity index (χ2v) is 4.55. The number of allylic oxidation sites excluding steroid dienone is 1. The molecule has 0 N–H and O–H groups in total. The molecule has 0 aromatic heterocycles. The molecule has 0 spiro atoms. The number of hydrogen-bond donors (Lipinski definition) is 0. The molecule has 3 rings (SSSR count). The fourth-order valence-corrected chi connectivity index (χ4v) is 2.23. The Kier molecular flexibility index (Phi) is 3.36. The number of hydrogen-bond acceptors (Lipinski definition) is 4. The molecule has 0 atom stereocenters. The van der Waals surface area contributed by atoms with Crippen LogP contribution in [0.1, 0.15) is 15.9 Å². The van der Waals surface area contributed by atoms with E-state index in [-0.39, 0.29) is 11.5 Å². The van der Waals surface area contributed by atoms with Crippen LogP contribution in [0.2, 0.25) is 0 Å². The third-order valence-electron chi connectivity index (χ3n) is 3.26. The highest BCUT2D eigenvalue weighted by atomic mass is 16.5. The summed E-state index contributed by atoms with van der Waals surface area (Å²) in [5.74, 6) is 1.58. The number of ketones is 1. The summed E-state index contributed by atoms with van der Waals surface area (Å²) in [7, 11) is 3.07. The lowest BCUT2D eigenvalue weighted by atomic mass is 10.1. The number of Topliss-reactive ketones (excluding diaryl/α,β-unsaturated/α-hetero) is 1. The molecular formula is C17H14O4. The summed E-state index contributed by atoms with van der Waals surface area (Å²) in [6, 6.07) is 12.9. The molecule has 0 saturated heterocycles. The first-order chi connectivity index (χ1) is 10.2. The van der Waals surface area contributed by atoms with Crippen LogP contribution in [-0.4, -0.2) is 20.0 Å².